The summed E-state index contributed by atoms with van der Waals surface area (Å²) in [5, 5.41) is 36.8. The van der Waals surface area contributed by atoms with Gasteiger partial charge in [-0.3, -0.25) is 0 Å². The topological polar surface area (TPSA) is 99.4 Å². The second-order valence-electron chi connectivity index (χ2n) is 3.00. The number of aliphatic hydroxyl groups excluding tert-OH is 4. The Balaban J connectivity index is 2.67. The van der Waals surface area contributed by atoms with Crippen LogP contribution in [0.15, 0.2) is 12.8 Å². The van der Waals surface area contributed by atoms with Crippen LogP contribution < -0.4 is 0 Å². The van der Waals surface area contributed by atoms with Crippen molar-refractivity contribution in [2.24, 2.45) is 0 Å². The summed E-state index contributed by atoms with van der Waals surface area (Å²) in [5.41, 5.74) is 0. The van der Waals surface area contributed by atoms with Crippen LogP contribution in [0.2, 0.25) is 0 Å². The molecule has 82 valence electrons. The molecule has 6 heteroatoms. The fraction of sp³-hybridized carbons (Fsp3) is 0.750. The maximum absolute atomic E-state index is 9.36. The second-order valence-corrected chi connectivity index (χ2v) is 3.00. The predicted molar refractivity (Wildman–Crippen MR) is 45.0 cm³/mol. The molecule has 0 saturated carbocycles. The van der Waals surface area contributed by atoms with Crippen molar-refractivity contribution in [2.45, 2.75) is 30.7 Å². The molecule has 0 spiro atoms. The van der Waals surface area contributed by atoms with Gasteiger partial charge < -0.3 is 29.9 Å². The van der Waals surface area contributed by atoms with E-state index in [1.807, 2.05) is 0 Å². The quantitative estimate of drug-likeness (QED) is 0.396. The Kier molecular flexibility index (Phi) is 3.85. The Morgan fingerprint density at radius 2 is 1.86 bits per heavy atom. The lowest BCUT2D eigenvalue weighted by molar-refractivity contribution is -0.287. The minimum atomic E-state index is -1.41. The first-order valence-electron chi connectivity index (χ1n) is 4.18. The normalized spacial score (nSPS) is 43.3. The van der Waals surface area contributed by atoms with E-state index in [-0.39, 0.29) is 0 Å². The van der Waals surface area contributed by atoms with Crippen LogP contribution >= 0.6 is 0 Å². The van der Waals surface area contributed by atoms with Gasteiger partial charge in [-0.25, -0.2) is 0 Å². The third kappa shape index (κ3) is 2.05. The summed E-state index contributed by atoms with van der Waals surface area (Å²) in [6, 6.07) is 0. The van der Waals surface area contributed by atoms with Crippen molar-refractivity contribution < 1.29 is 29.9 Å². The molecule has 0 aromatic rings. The Morgan fingerprint density at radius 1 is 1.21 bits per heavy atom. The maximum Gasteiger partial charge on any atom is 0.228 e. The molecule has 0 radical (unpaired) electrons. The third-order valence-electron chi connectivity index (χ3n) is 2.08. The number of ether oxygens (including phenoxy) is 2. The Labute approximate surface area is 81.0 Å². The molecule has 0 aromatic heterocycles. The lowest BCUT2D eigenvalue weighted by atomic mass is 9.99. The molecule has 1 saturated heterocycles. The van der Waals surface area contributed by atoms with Crippen LogP contribution in [0, 0.1) is 0 Å². The van der Waals surface area contributed by atoms with Crippen LogP contribution in [-0.2, 0) is 9.47 Å². The zero-order valence-corrected chi connectivity index (χ0v) is 7.48. The smallest absolute Gasteiger partial charge is 0.228 e. The van der Waals surface area contributed by atoms with Gasteiger partial charge in [-0.05, 0) is 0 Å². The Bertz CT molecular complexity index is 194. The fourth-order valence-electron chi connectivity index (χ4n) is 1.27. The standard InChI is InChI=1S/C8H14O6/c1-2-13-8-7(12)6(11)5(10)4(3-9)14-8/h2,4-12H,1,3H2/t4-,5-,6+,7+,8+/m1/s1. The van der Waals surface area contributed by atoms with Crippen LogP contribution in [-0.4, -0.2) is 57.7 Å². The highest BCUT2D eigenvalue weighted by Crippen LogP contribution is 2.21. The Hall–Kier alpha value is -0.660. The molecule has 0 bridgehead atoms. The summed E-state index contributed by atoms with van der Waals surface area (Å²) in [6.07, 6.45) is -5.16. The van der Waals surface area contributed by atoms with Crippen molar-refractivity contribution in [3.63, 3.8) is 0 Å². The number of hydrogen-bond donors (Lipinski definition) is 4. The van der Waals surface area contributed by atoms with E-state index in [9.17, 15) is 15.3 Å². The van der Waals surface area contributed by atoms with E-state index in [0.717, 1.165) is 6.26 Å². The average molecular weight is 206 g/mol. The van der Waals surface area contributed by atoms with E-state index in [1.54, 1.807) is 0 Å². The van der Waals surface area contributed by atoms with Crippen molar-refractivity contribution in [3.8, 4) is 0 Å². The zero-order chi connectivity index (χ0) is 10.7. The van der Waals surface area contributed by atoms with E-state index in [2.05, 4.69) is 6.58 Å². The maximum atomic E-state index is 9.36. The first-order chi connectivity index (χ1) is 6.61. The summed E-state index contributed by atoms with van der Waals surface area (Å²) in [6.45, 7) is 2.79. The summed E-state index contributed by atoms with van der Waals surface area (Å²) < 4.78 is 9.72. The number of aliphatic hydroxyl groups is 4. The van der Waals surface area contributed by atoms with E-state index in [4.69, 9.17) is 14.6 Å². The second kappa shape index (κ2) is 4.72. The number of hydrogen-bond acceptors (Lipinski definition) is 6. The van der Waals surface area contributed by atoms with Gasteiger partial charge in [-0.1, -0.05) is 6.58 Å². The molecule has 6 nitrogen and oxygen atoms in total. The van der Waals surface area contributed by atoms with Crippen molar-refractivity contribution in [1.82, 2.24) is 0 Å². The van der Waals surface area contributed by atoms with E-state index < -0.39 is 37.3 Å². The lowest BCUT2D eigenvalue weighted by Crippen LogP contribution is -2.58. The average Bonchev–Trinajstić information content (AvgIpc) is 2.19. The molecule has 0 unspecified atom stereocenters. The van der Waals surface area contributed by atoms with Gasteiger partial charge in [0.05, 0.1) is 12.9 Å². The fourth-order valence-corrected chi connectivity index (χ4v) is 1.27. The third-order valence-corrected chi connectivity index (χ3v) is 2.08. The first kappa shape index (κ1) is 11.4. The van der Waals surface area contributed by atoms with Gasteiger partial charge in [-0.2, -0.15) is 0 Å². The summed E-state index contributed by atoms with van der Waals surface area (Å²) >= 11 is 0. The summed E-state index contributed by atoms with van der Waals surface area (Å²) in [5.74, 6) is 0. The van der Waals surface area contributed by atoms with Crippen LogP contribution in [0.25, 0.3) is 0 Å². The largest absolute Gasteiger partial charge is 0.470 e. The molecule has 0 aromatic carbocycles. The van der Waals surface area contributed by atoms with E-state index in [0.29, 0.717) is 0 Å². The van der Waals surface area contributed by atoms with E-state index >= 15 is 0 Å². The first-order valence-corrected chi connectivity index (χ1v) is 4.18. The van der Waals surface area contributed by atoms with Crippen LogP contribution in [0.5, 0.6) is 0 Å². The lowest BCUT2D eigenvalue weighted by Gasteiger charge is -2.38. The van der Waals surface area contributed by atoms with Gasteiger partial charge in [0.25, 0.3) is 0 Å². The monoisotopic (exact) mass is 206 g/mol. The molecule has 1 aliphatic rings. The highest BCUT2D eigenvalue weighted by atomic mass is 16.7. The molecular formula is C8H14O6. The molecule has 14 heavy (non-hydrogen) atoms. The minimum absolute atomic E-state index is 0.470. The van der Waals surface area contributed by atoms with Crippen LogP contribution in [0.1, 0.15) is 0 Å². The molecular weight excluding hydrogens is 192 g/mol. The zero-order valence-electron chi connectivity index (χ0n) is 7.48. The van der Waals surface area contributed by atoms with Crippen LogP contribution in [0.3, 0.4) is 0 Å². The Morgan fingerprint density at radius 3 is 2.36 bits per heavy atom. The van der Waals surface area contributed by atoms with Crippen LogP contribution in [0.4, 0.5) is 0 Å². The summed E-state index contributed by atoms with van der Waals surface area (Å²) in [7, 11) is 0. The molecule has 5 atom stereocenters. The van der Waals surface area contributed by atoms with Crippen molar-refractivity contribution in [1.29, 1.82) is 0 Å². The van der Waals surface area contributed by atoms with Gasteiger partial charge in [-0.15, -0.1) is 0 Å². The minimum Gasteiger partial charge on any atom is -0.470 e. The van der Waals surface area contributed by atoms with Gasteiger partial charge in [0.15, 0.2) is 0 Å². The number of rotatable bonds is 3. The highest BCUT2D eigenvalue weighted by molar-refractivity contribution is 4.89. The predicted octanol–water partition coefficient (Wildman–Crippen LogP) is -2.05. The molecule has 0 amide bonds. The molecule has 0 aliphatic carbocycles. The van der Waals surface area contributed by atoms with Crippen molar-refractivity contribution in [3.05, 3.63) is 12.8 Å². The van der Waals surface area contributed by atoms with Gasteiger partial charge >= 0.3 is 0 Å². The molecule has 1 fully saturated rings. The molecule has 1 rings (SSSR count). The molecule has 1 heterocycles. The summed E-state index contributed by atoms with van der Waals surface area (Å²) in [4.78, 5) is 0. The molecule has 4 N–H and O–H groups in total. The SMILES string of the molecule is C=CO[C@H]1O[C@H](CO)[C@@H](O)[C@H](O)[C@@H]1O. The van der Waals surface area contributed by atoms with Crippen molar-refractivity contribution in [2.75, 3.05) is 6.61 Å². The van der Waals surface area contributed by atoms with Crippen molar-refractivity contribution >= 4 is 0 Å². The van der Waals surface area contributed by atoms with Gasteiger partial charge in [0.1, 0.15) is 24.4 Å². The van der Waals surface area contributed by atoms with Gasteiger partial charge in [0, 0.05) is 0 Å². The van der Waals surface area contributed by atoms with Gasteiger partial charge in [0.2, 0.25) is 6.29 Å². The molecule has 1 aliphatic heterocycles. The van der Waals surface area contributed by atoms with E-state index in [1.165, 1.54) is 0 Å². The highest BCUT2D eigenvalue weighted by Gasteiger charge is 2.44.